The van der Waals surface area contributed by atoms with E-state index >= 15 is 0 Å². The van der Waals surface area contributed by atoms with E-state index in [0.717, 1.165) is 0 Å². The Hall–Kier alpha value is -2.36. The third-order valence-electron chi connectivity index (χ3n) is 4.68. The smallest absolute Gasteiger partial charge is 0.408 e. The minimum Gasteiger partial charge on any atom is -0.444 e. The molecule has 3 amide bonds. The Kier molecular flexibility index (Phi) is 6.54. The van der Waals surface area contributed by atoms with Gasteiger partial charge in [-0.25, -0.2) is 4.79 Å². The number of hydrogen-bond acceptors (Lipinski definition) is 6. The molecule has 1 aromatic carbocycles. The summed E-state index contributed by atoms with van der Waals surface area (Å²) in [7, 11) is 0. The second-order valence-electron chi connectivity index (χ2n) is 8.23. The van der Waals surface area contributed by atoms with Crippen molar-refractivity contribution in [3.8, 4) is 0 Å². The minimum absolute atomic E-state index is 0.00761. The summed E-state index contributed by atoms with van der Waals surface area (Å²) in [5.74, 6) is -0.610. The maximum atomic E-state index is 13.0. The fraction of sp³-hybridized carbons (Fsp3) is 0.550. The largest absolute Gasteiger partial charge is 0.444 e. The zero-order valence-corrected chi connectivity index (χ0v) is 18.0. The van der Waals surface area contributed by atoms with Crippen molar-refractivity contribution in [1.82, 2.24) is 5.32 Å². The Morgan fingerprint density at radius 1 is 1.23 bits per heavy atom. The zero-order chi connectivity index (χ0) is 21.9. The predicted molar refractivity (Wildman–Crippen MR) is 111 cm³/mol. The van der Waals surface area contributed by atoms with Crippen LogP contribution in [0.4, 0.5) is 16.2 Å². The first kappa shape index (κ1) is 22.3. The van der Waals surface area contributed by atoms with Crippen LogP contribution in [0, 0.1) is 0 Å². The topological polar surface area (TPSA) is 106 Å². The van der Waals surface area contributed by atoms with E-state index in [1.807, 2.05) is 0 Å². The fourth-order valence-corrected chi connectivity index (χ4v) is 3.51. The maximum absolute atomic E-state index is 13.0. The summed E-state index contributed by atoms with van der Waals surface area (Å²) in [5, 5.41) is 5.75. The Bertz CT molecular complexity index is 832. The first-order valence-corrected chi connectivity index (χ1v) is 10.1. The number of halogens is 1. The summed E-state index contributed by atoms with van der Waals surface area (Å²) in [6, 6.07) is 4.88. The zero-order valence-electron chi connectivity index (χ0n) is 17.2. The number of anilines is 2. The van der Waals surface area contributed by atoms with Gasteiger partial charge in [0.1, 0.15) is 17.7 Å². The second kappa shape index (κ2) is 8.79. The first-order valence-electron chi connectivity index (χ1n) is 9.68. The lowest BCUT2D eigenvalue weighted by Crippen LogP contribution is -2.58. The van der Waals surface area contributed by atoms with Gasteiger partial charge in [0, 0.05) is 25.3 Å². The molecule has 2 aliphatic heterocycles. The molecule has 9 nitrogen and oxygen atoms in total. The average Bonchev–Trinajstić information content (AvgIpc) is 3.11. The maximum Gasteiger partial charge on any atom is 0.408 e. The Balaban J connectivity index is 1.72. The number of rotatable bonds is 4. The quantitative estimate of drug-likeness (QED) is 0.745. The van der Waals surface area contributed by atoms with Gasteiger partial charge in [-0.05, 0) is 39.0 Å². The summed E-state index contributed by atoms with van der Waals surface area (Å²) in [4.78, 5) is 38.8. The lowest BCUT2D eigenvalue weighted by atomic mass is 9.97. The molecule has 1 unspecified atom stereocenters. The van der Waals surface area contributed by atoms with Gasteiger partial charge in [-0.15, -0.1) is 0 Å². The van der Waals surface area contributed by atoms with Crippen molar-refractivity contribution < 1.29 is 28.6 Å². The molecule has 0 saturated carbocycles. The molecule has 0 radical (unpaired) electrons. The van der Waals surface area contributed by atoms with Crippen LogP contribution in [0.3, 0.4) is 0 Å². The highest BCUT2D eigenvalue weighted by Gasteiger charge is 2.44. The highest BCUT2D eigenvalue weighted by Crippen LogP contribution is 2.31. The van der Waals surface area contributed by atoms with Gasteiger partial charge in [-0.3, -0.25) is 9.59 Å². The van der Waals surface area contributed by atoms with Crippen LogP contribution >= 0.6 is 11.6 Å². The van der Waals surface area contributed by atoms with E-state index in [9.17, 15) is 14.4 Å². The number of morpholine rings is 1. The second-order valence-corrected chi connectivity index (χ2v) is 8.64. The highest BCUT2D eigenvalue weighted by atomic mass is 35.5. The number of hydrogen-bond donors (Lipinski definition) is 2. The first-order chi connectivity index (χ1) is 14.1. The molecule has 1 aromatic rings. The number of nitrogens with one attached hydrogen (secondary N) is 2. The van der Waals surface area contributed by atoms with Gasteiger partial charge in [-0.2, -0.15) is 0 Å². The number of benzene rings is 1. The lowest BCUT2D eigenvalue weighted by molar-refractivity contribution is -0.125. The highest BCUT2D eigenvalue weighted by molar-refractivity contribution is 6.34. The molecule has 2 heterocycles. The standard InChI is InChI=1S/C20H26ClN3O6/c1-19(2,3)30-18(27)23-20(6-8-29-12-20)17(26)22-13-4-5-15(14(21)10-13)24-7-9-28-11-16(24)25/h4-5,10H,6-9,11-12H2,1-3H3,(H,22,26)(H,23,27). The van der Waals surface area contributed by atoms with Crippen LogP contribution in [0.5, 0.6) is 0 Å². The SMILES string of the molecule is CC(C)(C)OC(=O)NC1(C(=O)Nc2ccc(N3CCOCC3=O)c(Cl)c2)CCOC1. The molecule has 164 valence electrons. The molecule has 0 bridgehead atoms. The van der Waals surface area contributed by atoms with Crippen molar-refractivity contribution in [2.24, 2.45) is 0 Å². The van der Waals surface area contributed by atoms with Crippen LogP contribution < -0.4 is 15.5 Å². The monoisotopic (exact) mass is 439 g/mol. The van der Waals surface area contributed by atoms with E-state index in [0.29, 0.717) is 42.6 Å². The molecule has 10 heteroatoms. The minimum atomic E-state index is -1.24. The molecule has 2 fully saturated rings. The third kappa shape index (κ3) is 5.21. The van der Waals surface area contributed by atoms with Gasteiger partial charge < -0.3 is 29.7 Å². The molecule has 0 aromatic heterocycles. The Labute approximate surface area is 180 Å². The Morgan fingerprint density at radius 2 is 2.00 bits per heavy atom. The van der Waals surface area contributed by atoms with E-state index in [4.69, 9.17) is 25.8 Å². The van der Waals surface area contributed by atoms with Crippen LogP contribution in [-0.4, -0.2) is 62.0 Å². The van der Waals surface area contributed by atoms with Crippen molar-refractivity contribution in [2.75, 3.05) is 43.2 Å². The average molecular weight is 440 g/mol. The van der Waals surface area contributed by atoms with E-state index in [-0.39, 0.29) is 19.1 Å². The van der Waals surface area contributed by atoms with Crippen molar-refractivity contribution in [1.29, 1.82) is 0 Å². The molecule has 1 atom stereocenters. The van der Waals surface area contributed by atoms with Gasteiger partial charge >= 0.3 is 6.09 Å². The number of amides is 3. The van der Waals surface area contributed by atoms with E-state index in [2.05, 4.69) is 10.6 Å². The molecule has 0 spiro atoms. The molecule has 30 heavy (non-hydrogen) atoms. The number of ether oxygens (including phenoxy) is 3. The lowest BCUT2D eigenvalue weighted by Gasteiger charge is -2.30. The van der Waals surface area contributed by atoms with Crippen LogP contribution in [0.25, 0.3) is 0 Å². The molecule has 2 aliphatic rings. The van der Waals surface area contributed by atoms with Crippen LogP contribution in [0.15, 0.2) is 18.2 Å². The van der Waals surface area contributed by atoms with Crippen molar-refractivity contribution in [2.45, 2.75) is 38.3 Å². The Morgan fingerprint density at radius 3 is 2.60 bits per heavy atom. The van der Waals surface area contributed by atoms with Crippen LogP contribution in [-0.2, 0) is 23.8 Å². The van der Waals surface area contributed by atoms with E-state index in [1.54, 1.807) is 43.9 Å². The molecule has 2 saturated heterocycles. The van der Waals surface area contributed by atoms with Crippen LogP contribution in [0.1, 0.15) is 27.2 Å². The van der Waals surface area contributed by atoms with Gasteiger partial charge in [0.05, 0.1) is 23.9 Å². The third-order valence-corrected chi connectivity index (χ3v) is 4.98. The van der Waals surface area contributed by atoms with Gasteiger partial charge in [0.2, 0.25) is 0 Å². The van der Waals surface area contributed by atoms with Crippen LogP contribution in [0.2, 0.25) is 5.02 Å². The summed E-state index contributed by atoms with van der Waals surface area (Å²) < 4.78 is 15.8. The number of carbonyl (C=O) groups excluding carboxylic acids is 3. The fourth-order valence-electron chi connectivity index (χ4n) is 3.23. The van der Waals surface area contributed by atoms with Crippen molar-refractivity contribution in [3.63, 3.8) is 0 Å². The molecule has 3 rings (SSSR count). The predicted octanol–water partition coefficient (Wildman–Crippen LogP) is 2.33. The summed E-state index contributed by atoms with van der Waals surface area (Å²) >= 11 is 6.36. The van der Waals surface area contributed by atoms with Gasteiger partial charge in [0.15, 0.2) is 0 Å². The molecular formula is C20H26ClN3O6. The summed E-state index contributed by atoms with van der Waals surface area (Å²) in [6.07, 6.45) is -0.381. The number of carbonyl (C=O) groups is 3. The van der Waals surface area contributed by atoms with Crippen molar-refractivity contribution >= 4 is 40.9 Å². The molecule has 0 aliphatic carbocycles. The van der Waals surface area contributed by atoms with E-state index in [1.165, 1.54) is 0 Å². The van der Waals surface area contributed by atoms with Crippen molar-refractivity contribution in [3.05, 3.63) is 23.2 Å². The van der Waals surface area contributed by atoms with Gasteiger partial charge in [-0.1, -0.05) is 11.6 Å². The summed E-state index contributed by atoms with van der Waals surface area (Å²) in [6.45, 7) is 6.44. The summed E-state index contributed by atoms with van der Waals surface area (Å²) in [5.41, 5.74) is -0.949. The molecular weight excluding hydrogens is 414 g/mol. The number of alkyl carbamates (subject to hydrolysis) is 1. The number of nitrogens with zero attached hydrogens (tertiary/aromatic N) is 1. The van der Waals surface area contributed by atoms with Gasteiger partial charge in [0.25, 0.3) is 11.8 Å². The molecule has 2 N–H and O–H groups in total. The van der Waals surface area contributed by atoms with E-state index < -0.39 is 23.1 Å². The normalized spacial score (nSPS) is 22.0.